The zero-order valence-electron chi connectivity index (χ0n) is 4.19. The third-order valence-corrected chi connectivity index (χ3v) is 1.29. The number of halogens is 1. The fraction of sp³-hybridized carbons (Fsp3) is 0. The van der Waals surface area contributed by atoms with Gasteiger partial charge in [0.2, 0.25) is 0 Å². The fourth-order valence-corrected chi connectivity index (χ4v) is 0.665. The van der Waals surface area contributed by atoms with Crippen molar-refractivity contribution in [3.63, 3.8) is 0 Å². The van der Waals surface area contributed by atoms with Crippen LogP contribution >= 0.6 is 15.9 Å². The van der Waals surface area contributed by atoms with E-state index in [1.165, 1.54) is 0 Å². The van der Waals surface area contributed by atoms with Crippen LogP contribution in [0, 0.1) is 6.07 Å². The van der Waals surface area contributed by atoms with E-state index in [2.05, 4.69) is 22.0 Å². The summed E-state index contributed by atoms with van der Waals surface area (Å²) in [5, 5.41) is 0. The molecule has 2 heteroatoms. The van der Waals surface area contributed by atoms with Gasteiger partial charge < -0.3 is 5.73 Å². The Bertz CT molecular complexity index is 147. The van der Waals surface area contributed by atoms with Crippen LogP contribution in [-0.2, 0) is 0 Å². The van der Waals surface area contributed by atoms with Gasteiger partial charge in [-0.2, -0.15) is 0 Å². The highest BCUT2D eigenvalue weighted by Crippen LogP contribution is 2.09. The monoisotopic (exact) mass is 170 g/mol. The predicted molar refractivity (Wildman–Crippen MR) is 37.4 cm³/mol. The van der Waals surface area contributed by atoms with Gasteiger partial charge in [-0.15, -0.1) is 0 Å². The van der Waals surface area contributed by atoms with Gasteiger partial charge in [-0.05, 0) is 18.2 Å². The van der Waals surface area contributed by atoms with Gasteiger partial charge in [0.1, 0.15) is 0 Å². The second-order valence-electron chi connectivity index (χ2n) is 1.46. The van der Waals surface area contributed by atoms with Crippen molar-refractivity contribution in [2.45, 2.75) is 0 Å². The first-order chi connectivity index (χ1) is 3.79. The maximum atomic E-state index is 5.35. The van der Waals surface area contributed by atoms with Gasteiger partial charge in [-0.25, -0.2) is 0 Å². The van der Waals surface area contributed by atoms with Crippen molar-refractivity contribution in [3.8, 4) is 0 Å². The van der Waals surface area contributed by atoms with Crippen LogP contribution in [0.25, 0.3) is 0 Å². The molecule has 8 heavy (non-hydrogen) atoms. The van der Waals surface area contributed by atoms with E-state index < -0.39 is 0 Å². The Hall–Kier alpha value is -0.500. The summed E-state index contributed by atoms with van der Waals surface area (Å²) in [6.07, 6.45) is 0. The number of rotatable bonds is 0. The van der Waals surface area contributed by atoms with Crippen molar-refractivity contribution in [3.05, 3.63) is 28.7 Å². The van der Waals surface area contributed by atoms with Crippen molar-refractivity contribution < 1.29 is 0 Å². The summed E-state index contributed by atoms with van der Waals surface area (Å²) in [5.41, 5.74) is 6.02. The molecular formula is C6H5BrN. The molecule has 1 nitrogen and oxygen atoms in total. The van der Waals surface area contributed by atoms with Crippen LogP contribution in [-0.4, -0.2) is 0 Å². The van der Waals surface area contributed by atoms with E-state index in [1.807, 2.05) is 6.07 Å². The Morgan fingerprint density at radius 2 is 2.25 bits per heavy atom. The van der Waals surface area contributed by atoms with E-state index in [4.69, 9.17) is 5.73 Å². The van der Waals surface area contributed by atoms with E-state index >= 15 is 0 Å². The van der Waals surface area contributed by atoms with Gasteiger partial charge >= 0.3 is 0 Å². The molecule has 0 atom stereocenters. The Morgan fingerprint density at radius 1 is 1.50 bits per heavy atom. The van der Waals surface area contributed by atoms with Crippen LogP contribution in [0.4, 0.5) is 5.69 Å². The van der Waals surface area contributed by atoms with Crippen LogP contribution in [0.5, 0.6) is 0 Å². The van der Waals surface area contributed by atoms with Crippen LogP contribution in [0.2, 0.25) is 0 Å². The normalized spacial score (nSPS) is 9.12. The van der Waals surface area contributed by atoms with Gasteiger partial charge in [0.05, 0.1) is 0 Å². The molecule has 0 amide bonds. The lowest BCUT2D eigenvalue weighted by Gasteiger charge is -1.88. The zero-order chi connectivity index (χ0) is 5.98. The molecule has 41 valence electrons. The van der Waals surface area contributed by atoms with Gasteiger partial charge in [0, 0.05) is 16.2 Å². The van der Waals surface area contributed by atoms with E-state index in [1.54, 1.807) is 12.1 Å². The molecule has 0 spiro atoms. The van der Waals surface area contributed by atoms with Gasteiger partial charge in [0.25, 0.3) is 0 Å². The molecule has 0 heterocycles. The molecular weight excluding hydrogens is 166 g/mol. The number of hydrogen-bond donors (Lipinski definition) is 1. The summed E-state index contributed by atoms with van der Waals surface area (Å²) >= 11 is 3.26. The van der Waals surface area contributed by atoms with Crippen molar-refractivity contribution in [2.75, 3.05) is 5.73 Å². The standard InChI is InChI=1S/C6H5BrN/c7-5-1-3-6(8)4-2-5/h1-3H,8H2. The van der Waals surface area contributed by atoms with E-state index in [0.29, 0.717) is 5.69 Å². The second-order valence-corrected chi connectivity index (χ2v) is 2.38. The highest BCUT2D eigenvalue weighted by Gasteiger charge is 1.82. The minimum Gasteiger partial charge on any atom is -0.398 e. The molecule has 1 aromatic carbocycles. The molecule has 0 aromatic heterocycles. The molecule has 0 saturated carbocycles. The topological polar surface area (TPSA) is 26.0 Å². The number of anilines is 1. The molecule has 0 aliphatic heterocycles. The lowest BCUT2D eigenvalue weighted by molar-refractivity contribution is 1.62. The molecule has 0 aliphatic carbocycles. The predicted octanol–water partition coefficient (Wildman–Crippen LogP) is 1.83. The average molecular weight is 171 g/mol. The van der Waals surface area contributed by atoms with Crippen LogP contribution in [0.15, 0.2) is 22.7 Å². The lowest BCUT2D eigenvalue weighted by atomic mass is 10.3. The van der Waals surface area contributed by atoms with Crippen molar-refractivity contribution >= 4 is 21.6 Å². The lowest BCUT2D eigenvalue weighted by Crippen LogP contribution is -1.81. The number of hydrogen-bond acceptors (Lipinski definition) is 1. The van der Waals surface area contributed by atoms with Gasteiger partial charge in [0.15, 0.2) is 0 Å². The minimum absolute atomic E-state index is 0.674. The summed E-state index contributed by atoms with van der Waals surface area (Å²) < 4.78 is 1.01. The second kappa shape index (κ2) is 2.18. The molecule has 0 fully saturated rings. The largest absolute Gasteiger partial charge is 0.398 e. The third-order valence-electron chi connectivity index (χ3n) is 0.799. The Morgan fingerprint density at radius 3 is 2.62 bits per heavy atom. The fourth-order valence-electron chi connectivity index (χ4n) is 0.418. The van der Waals surface area contributed by atoms with E-state index in [0.717, 1.165) is 4.47 Å². The van der Waals surface area contributed by atoms with Crippen molar-refractivity contribution in [2.24, 2.45) is 0 Å². The molecule has 0 aliphatic rings. The quantitative estimate of drug-likeness (QED) is 0.592. The molecule has 2 N–H and O–H groups in total. The SMILES string of the molecule is Nc1[c]cc(Br)cc1. The molecule has 1 aromatic rings. The number of benzene rings is 1. The number of nitrogen functional groups attached to an aromatic ring is 1. The summed E-state index contributed by atoms with van der Waals surface area (Å²) in [6, 6.07) is 8.29. The molecule has 0 bridgehead atoms. The summed E-state index contributed by atoms with van der Waals surface area (Å²) in [7, 11) is 0. The van der Waals surface area contributed by atoms with Crippen LogP contribution < -0.4 is 5.73 Å². The Kier molecular flexibility index (Phi) is 1.53. The van der Waals surface area contributed by atoms with E-state index in [9.17, 15) is 0 Å². The summed E-state index contributed by atoms with van der Waals surface area (Å²) in [5.74, 6) is 0. The first-order valence-corrected chi connectivity index (χ1v) is 3.01. The Balaban J connectivity index is 3.03. The third kappa shape index (κ3) is 1.23. The molecule has 0 saturated heterocycles. The highest BCUT2D eigenvalue weighted by molar-refractivity contribution is 9.10. The van der Waals surface area contributed by atoms with Crippen molar-refractivity contribution in [1.29, 1.82) is 0 Å². The van der Waals surface area contributed by atoms with E-state index in [-0.39, 0.29) is 0 Å². The molecule has 1 rings (SSSR count). The maximum absolute atomic E-state index is 5.35. The molecule has 0 unspecified atom stereocenters. The smallest absolute Gasteiger partial charge is 0.0395 e. The van der Waals surface area contributed by atoms with Gasteiger partial charge in [-0.1, -0.05) is 15.9 Å². The average Bonchev–Trinajstić information content (AvgIpc) is 1.77. The minimum atomic E-state index is 0.674. The first kappa shape index (κ1) is 5.63. The summed E-state index contributed by atoms with van der Waals surface area (Å²) in [4.78, 5) is 0. The Labute approximate surface area is 56.6 Å². The van der Waals surface area contributed by atoms with Gasteiger partial charge in [-0.3, -0.25) is 0 Å². The van der Waals surface area contributed by atoms with Crippen LogP contribution in [0.3, 0.4) is 0 Å². The maximum Gasteiger partial charge on any atom is 0.0395 e. The highest BCUT2D eigenvalue weighted by atomic mass is 79.9. The zero-order valence-corrected chi connectivity index (χ0v) is 5.77. The first-order valence-electron chi connectivity index (χ1n) is 2.22. The van der Waals surface area contributed by atoms with Crippen molar-refractivity contribution in [1.82, 2.24) is 0 Å². The van der Waals surface area contributed by atoms with Crippen LogP contribution in [0.1, 0.15) is 0 Å². The number of nitrogens with two attached hydrogens (primary N) is 1. The molecule has 1 radical (unpaired) electrons. The summed E-state index contributed by atoms with van der Waals surface area (Å²) in [6.45, 7) is 0.